The third-order valence-corrected chi connectivity index (χ3v) is 10.2. The number of fused-ring (bicyclic) bond motifs is 4. The molecule has 1 fully saturated rings. The van der Waals surface area contributed by atoms with Crippen molar-refractivity contribution in [2.75, 3.05) is 4.90 Å². The lowest BCUT2D eigenvalue weighted by atomic mass is 9.80. The zero-order chi connectivity index (χ0) is 31.9. The lowest BCUT2D eigenvalue weighted by Crippen LogP contribution is -2.11. The fraction of sp³-hybridized carbons (Fsp3) is 0.130. The Morgan fingerprint density at radius 2 is 1.17 bits per heavy atom. The van der Waals surface area contributed by atoms with Gasteiger partial charge in [-0.3, -0.25) is 0 Å². The molecule has 8 aromatic rings. The summed E-state index contributed by atoms with van der Waals surface area (Å²) in [5.41, 5.74) is 11.7. The van der Waals surface area contributed by atoms with Crippen molar-refractivity contribution in [1.82, 2.24) is 0 Å². The van der Waals surface area contributed by atoms with Gasteiger partial charge >= 0.3 is 0 Å². The summed E-state index contributed by atoms with van der Waals surface area (Å²) in [6.45, 7) is 0. The second-order valence-corrected chi connectivity index (χ2v) is 13.1. The van der Waals surface area contributed by atoms with E-state index in [2.05, 4.69) is 150 Å². The van der Waals surface area contributed by atoms with Gasteiger partial charge in [-0.15, -0.1) is 0 Å². The summed E-state index contributed by atoms with van der Waals surface area (Å²) in [4.78, 5) is 2.42. The third kappa shape index (κ3) is 5.05. The summed E-state index contributed by atoms with van der Waals surface area (Å²) in [6.07, 6.45) is 6.55. The van der Waals surface area contributed by atoms with Gasteiger partial charge in [0.15, 0.2) is 0 Å². The van der Waals surface area contributed by atoms with Crippen molar-refractivity contribution < 1.29 is 4.42 Å². The van der Waals surface area contributed by atoms with Gasteiger partial charge in [0.05, 0.1) is 5.69 Å². The number of rotatable bonds is 6. The minimum absolute atomic E-state index is 0.613. The second-order valence-electron chi connectivity index (χ2n) is 13.1. The highest BCUT2D eigenvalue weighted by atomic mass is 16.3. The van der Waals surface area contributed by atoms with Gasteiger partial charge < -0.3 is 9.32 Å². The summed E-state index contributed by atoms with van der Waals surface area (Å²) < 4.78 is 6.15. The molecule has 1 heterocycles. The van der Waals surface area contributed by atoms with Crippen LogP contribution in [0.1, 0.15) is 43.6 Å². The molecule has 9 rings (SSSR count). The van der Waals surface area contributed by atoms with Crippen LogP contribution in [-0.2, 0) is 0 Å². The Balaban J connectivity index is 1.21. The van der Waals surface area contributed by atoms with Gasteiger partial charge in [0.1, 0.15) is 11.2 Å². The van der Waals surface area contributed by atoms with Crippen LogP contribution in [0.2, 0.25) is 0 Å². The lowest BCUT2D eigenvalue weighted by molar-refractivity contribution is 0.445. The number of benzene rings is 7. The van der Waals surface area contributed by atoms with Crippen molar-refractivity contribution in [1.29, 1.82) is 0 Å². The minimum atomic E-state index is 0.613. The highest BCUT2D eigenvalue weighted by Crippen LogP contribution is 2.46. The van der Waals surface area contributed by atoms with Gasteiger partial charge in [-0.05, 0) is 100 Å². The van der Waals surface area contributed by atoms with Gasteiger partial charge in [0, 0.05) is 27.7 Å². The van der Waals surface area contributed by atoms with E-state index in [1.54, 1.807) is 0 Å². The molecule has 1 aliphatic carbocycles. The van der Waals surface area contributed by atoms with Crippen LogP contribution in [0.25, 0.3) is 55.0 Å². The van der Waals surface area contributed by atoms with Crippen molar-refractivity contribution in [3.8, 4) is 22.3 Å². The summed E-state index contributed by atoms with van der Waals surface area (Å²) in [5, 5.41) is 5.01. The van der Waals surface area contributed by atoms with Crippen LogP contribution < -0.4 is 4.90 Å². The van der Waals surface area contributed by atoms with Gasteiger partial charge in [-0.25, -0.2) is 0 Å². The van der Waals surface area contributed by atoms with E-state index in [-0.39, 0.29) is 0 Å². The number of para-hydroxylation sites is 3. The lowest BCUT2D eigenvalue weighted by Gasteiger charge is -2.29. The molecule has 0 bridgehead atoms. The Kier molecular flexibility index (Phi) is 7.28. The Morgan fingerprint density at radius 1 is 0.479 bits per heavy atom. The first-order chi connectivity index (χ1) is 23.8. The van der Waals surface area contributed by atoms with Crippen LogP contribution in [0.3, 0.4) is 0 Å². The normalized spacial score (nSPS) is 13.8. The maximum Gasteiger partial charge on any atom is 0.135 e. The first-order valence-corrected chi connectivity index (χ1v) is 17.3. The van der Waals surface area contributed by atoms with Crippen LogP contribution in [-0.4, -0.2) is 0 Å². The van der Waals surface area contributed by atoms with Crippen LogP contribution in [0.15, 0.2) is 162 Å². The van der Waals surface area contributed by atoms with Crippen LogP contribution in [0.4, 0.5) is 17.1 Å². The maximum absolute atomic E-state index is 6.15. The zero-order valence-corrected chi connectivity index (χ0v) is 27.0. The molecule has 0 unspecified atom stereocenters. The van der Waals surface area contributed by atoms with Crippen LogP contribution >= 0.6 is 0 Å². The molecule has 0 amide bonds. The molecule has 1 aromatic heterocycles. The summed E-state index contributed by atoms with van der Waals surface area (Å²) in [7, 11) is 0. The predicted octanol–water partition coefficient (Wildman–Crippen LogP) is 13.6. The van der Waals surface area contributed by atoms with Gasteiger partial charge in [-0.1, -0.05) is 128 Å². The predicted molar refractivity (Wildman–Crippen MR) is 203 cm³/mol. The van der Waals surface area contributed by atoms with Crippen molar-refractivity contribution in [3.63, 3.8) is 0 Å². The van der Waals surface area contributed by atoms with Crippen molar-refractivity contribution in [3.05, 3.63) is 163 Å². The monoisotopic (exact) mass is 619 g/mol. The molecule has 7 aromatic carbocycles. The number of hydrogen-bond donors (Lipinski definition) is 0. The van der Waals surface area contributed by atoms with E-state index in [0.717, 1.165) is 33.3 Å². The number of furan rings is 1. The standard InChI is InChI=1S/C46H37NO/c1-3-14-32(15-4-1)38-24-12-16-33-17-13-25-41(46(33)38)39-22-7-9-26-43(39)47(36-19-5-2-6-20-36)37-21-11-18-34(30-37)35-28-29-45-42(31-35)40-23-8-10-27-44(40)48-45/h2,5-13,16-32H,1,3-4,14-15H2. The highest BCUT2D eigenvalue weighted by molar-refractivity contribution is 6.07. The summed E-state index contributed by atoms with van der Waals surface area (Å²) in [6, 6.07) is 57.3. The fourth-order valence-corrected chi connectivity index (χ4v) is 7.98. The average molecular weight is 620 g/mol. The fourth-order valence-electron chi connectivity index (χ4n) is 7.98. The highest BCUT2D eigenvalue weighted by Gasteiger charge is 2.22. The summed E-state index contributed by atoms with van der Waals surface area (Å²) in [5.74, 6) is 0.613. The molecule has 0 atom stereocenters. The quantitative estimate of drug-likeness (QED) is 0.184. The topological polar surface area (TPSA) is 16.4 Å². The SMILES string of the molecule is c1ccc(N(c2cccc(-c3ccc4oc5ccccc5c4c3)c2)c2ccccc2-c2cccc3cccc(C4CCCCC4)c23)cc1. The first kappa shape index (κ1) is 28.6. The van der Waals surface area contributed by atoms with E-state index in [0.29, 0.717) is 5.92 Å². The minimum Gasteiger partial charge on any atom is -0.456 e. The van der Waals surface area contributed by atoms with E-state index in [9.17, 15) is 0 Å². The van der Waals surface area contributed by atoms with E-state index >= 15 is 0 Å². The van der Waals surface area contributed by atoms with Crippen LogP contribution in [0.5, 0.6) is 0 Å². The second kappa shape index (κ2) is 12.2. The molecular formula is C46H37NO. The molecule has 1 saturated carbocycles. The molecule has 0 saturated heterocycles. The first-order valence-electron chi connectivity index (χ1n) is 17.3. The third-order valence-electron chi connectivity index (χ3n) is 10.2. The Morgan fingerprint density at radius 3 is 2.06 bits per heavy atom. The Labute approximate surface area is 281 Å². The van der Waals surface area contributed by atoms with Crippen molar-refractivity contribution in [2.24, 2.45) is 0 Å². The number of hydrogen-bond acceptors (Lipinski definition) is 2. The summed E-state index contributed by atoms with van der Waals surface area (Å²) >= 11 is 0. The molecule has 232 valence electrons. The van der Waals surface area contributed by atoms with Gasteiger partial charge in [0.2, 0.25) is 0 Å². The molecular weight excluding hydrogens is 583 g/mol. The average Bonchev–Trinajstić information content (AvgIpc) is 3.54. The van der Waals surface area contributed by atoms with Gasteiger partial charge in [-0.2, -0.15) is 0 Å². The molecule has 0 aliphatic heterocycles. The van der Waals surface area contributed by atoms with Crippen molar-refractivity contribution >= 4 is 49.8 Å². The molecule has 1 aliphatic rings. The largest absolute Gasteiger partial charge is 0.456 e. The van der Waals surface area contributed by atoms with E-state index in [1.165, 1.54) is 76.4 Å². The smallest absolute Gasteiger partial charge is 0.135 e. The number of nitrogens with zero attached hydrogens (tertiary/aromatic N) is 1. The molecule has 0 spiro atoms. The Bertz CT molecular complexity index is 2390. The maximum atomic E-state index is 6.15. The Hall–Kier alpha value is -5.60. The molecule has 2 nitrogen and oxygen atoms in total. The molecule has 48 heavy (non-hydrogen) atoms. The number of anilines is 3. The van der Waals surface area contributed by atoms with Crippen LogP contribution in [0, 0.1) is 0 Å². The van der Waals surface area contributed by atoms with Gasteiger partial charge in [0.25, 0.3) is 0 Å². The zero-order valence-electron chi connectivity index (χ0n) is 27.0. The molecule has 2 heteroatoms. The van der Waals surface area contributed by atoms with Crippen molar-refractivity contribution in [2.45, 2.75) is 38.0 Å². The van der Waals surface area contributed by atoms with E-state index in [4.69, 9.17) is 4.42 Å². The van der Waals surface area contributed by atoms with E-state index in [1.807, 2.05) is 12.1 Å². The molecule has 0 radical (unpaired) electrons. The van der Waals surface area contributed by atoms with E-state index < -0.39 is 0 Å². The molecule has 0 N–H and O–H groups in total.